The number of carbonyl (C=O) groups excluding carboxylic acids is 1. The van der Waals surface area contributed by atoms with E-state index in [1.165, 1.54) is 0 Å². The zero-order valence-electron chi connectivity index (χ0n) is 12.0. The summed E-state index contributed by atoms with van der Waals surface area (Å²) in [4.78, 5) is 12.7. The van der Waals surface area contributed by atoms with E-state index in [1.54, 1.807) is 0 Å². The topological polar surface area (TPSA) is 26.3 Å². The lowest BCUT2D eigenvalue weighted by atomic mass is 9.76. The van der Waals surface area contributed by atoms with Crippen molar-refractivity contribution in [2.75, 3.05) is 6.61 Å². The second-order valence-corrected chi connectivity index (χ2v) is 5.70. The molecule has 0 heterocycles. The van der Waals surface area contributed by atoms with Gasteiger partial charge in [0.05, 0.1) is 0 Å². The van der Waals surface area contributed by atoms with Crippen molar-refractivity contribution in [3.63, 3.8) is 0 Å². The first-order valence-electron chi connectivity index (χ1n) is 7.37. The Kier molecular flexibility index (Phi) is 4.76. The molecule has 1 fully saturated rings. The first-order valence-corrected chi connectivity index (χ1v) is 7.37. The highest BCUT2D eigenvalue weighted by atomic mass is 16.5. The molecular weight excluding hydrogens is 236 g/mol. The molecular formula is C17H24O2. The van der Waals surface area contributed by atoms with Crippen LogP contribution in [0.3, 0.4) is 0 Å². The smallest absolute Gasteiger partial charge is 0.168 e. The number of ketones is 1. The summed E-state index contributed by atoms with van der Waals surface area (Å²) in [7, 11) is 0. The van der Waals surface area contributed by atoms with Gasteiger partial charge in [-0.05, 0) is 44.1 Å². The molecule has 0 radical (unpaired) electrons. The van der Waals surface area contributed by atoms with E-state index in [1.807, 2.05) is 37.3 Å². The monoisotopic (exact) mass is 260 g/mol. The van der Waals surface area contributed by atoms with Gasteiger partial charge < -0.3 is 4.74 Å². The van der Waals surface area contributed by atoms with Crippen molar-refractivity contribution in [1.29, 1.82) is 0 Å². The number of rotatable bonds is 5. The highest BCUT2D eigenvalue weighted by Crippen LogP contribution is 2.36. The first-order chi connectivity index (χ1) is 9.16. The Balaban J connectivity index is 2.08. The van der Waals surface area contributed by atoms with Crippen molar-refractivity contribution in [3.05, 3.63) is 35.9 Å². The van der Waals surface area contributed by atoms with Gasteiger partial charge >= 0.3 is 0 Å². The number of ether oxygens (including phenoxy) is 1. The van der Waals surface area contributed by atoms with Gasteiger partial charge in [-0.2, -0.15) is 0 Å². The Hall–Kier alpha value is -1.15. The van der Waals surface area contributed by atoms with Gasteiger partial charge in [-0.25, -0.2) is 0 Å². The maximum Gasteiger partial charge on any atom is 0.168 e. The second kappa shape index (κ2) is 6.33. The van der Waals surface area contributed by atoms with Crippen LogP contribution in [0.1, 0.15) is 45.1 Å². The third-order valence-corrected chi connectivity index (χ3v) is 4.22. The minimum atomic E-state index is -0.517. The van der Waals surface area contributed by atoms with Crippen LogP contribution >= 0.6 is 0 Å². The first kappa shape index (κ1) is 14.3. The lowest BCUT2D eigenvalue weighted by molar-refractivity contribution is -0.149. The Bertz CT molecular complexity index is 403. The predicted octanol–water partition coefficient (Wildman–Crippen LogP) is 3.78. The van der Waals surface area contributed by atoms with Crippen LogP contribution in [-0.2, 0) is 16.0 Å². The maximum atomic E-state index is 12.7. The number of hydrogen-bond donors (Lipinski definition) is 0. The minimum absolute atomic E-state index is 0.257. The number of Topliss-reactive ketones (excluding diaryl/α,β-unsaturated/α-hetero) is 1. The average Bonchev–Trinajstić information content (AvgIpc) is 2.43. The summed E-state index contributed by atoms with van der Waals surface area (Å²) >= 11 is 0. The lowest BCUT2D eigenvalue weighted by Gasteiger charge is -2.38. The summed E-state index contributed by atoms with van der Waals surface area (Å²) in [6, 6.07) is 9.98. The Morgan fingerprint density at radius 1 is 1.26 bits per heavy atom. The van der Waals surface area contributed by atoms with E-state index < -0.39 is 5.60 Å². The van der Waals surface area contributed by atoms with Crippen LogP contribution in [-0.4, -0.2) is 18.0 Å². The SMILES string of the molecule is CCOC1(C(=O)Cc2ccccc2)CCC(C)CC1. The minimum Gasteiger partial charge on any atom is -0.367 e. The molecule has 2 nitrogen and oxygen atoms in total. The zero-order chi connectivity index (χ0) is 13.7. The quantitative estimate of drug-likeness (QED) is 0.805. The summed E-state index contributed by atoms with van der Waals surface area (Å²) in [5.74, 6) is 0.977. The van der Waals surface area contributed by atoms with Gasteiger partial charge in [-0.1, -0.05) is 37.3 Å². The molecule has 2 heteroatoms. The third-order valence-electron chi connectivity index (χ3n) is 4.22. The molecule has 1 aliphatic rings. The van der Waals surface area contributed by atoms with Gasteiger partial charge in [0.15, 0.2) is 5.78 Å². The molecule has 0 atom stereocenters. The molecule has 0 spiro atoms. The molecule has 1 aromatic carbocycles. The van der Waals surface area contributed by atoms with Gasteiger partial charge in [0.1, 0.15) is 5.60 Å². The molecule has 0 aromatic heterocycles. The highest BCUT2D eigenvalue weighted by molar-refractivity contribution is 5.89. The second-order valence-electron chi connectivity index (χ2n) is 5.70. The van der Waals surface area contributed by atoms with Crippen LogP contribution in [0.5, 0.6) is 0 Å². The fourth-order valence-corrected chi connectivity index (χ4v) is 2.95. The van der Waals surface area contributed by atoms with Crippen molar-refractivity contribution in [1.82, 2.24) is 0 Å². The van der Waals surface area contributed by atoms with Crippen LogP contribution in [0.4, 0.5) is 0 Å². The molecule has 19 heavy (non-hydrogen) atoms. The van der Waals surface area contributed by atoms with E-state index >= 15 is 0 Å². The van der Waals surface area contributed by atoms with Crippen molar-refractivity contribution in [2.24, 2.45) is 5.92 Å². The van der Waals surface area contributed by atoms with Crippen LogP contribution in [0.15, 0.2) is 30.3 Å². The van der Waals surface area contributed by atoms with Crippen LogP contribution < -0.4 is 0 Å². The van der Waals surface area contributed by atoms with Gasteiger partial charge in [0, 0.05) is 13.0 Å². The normalized spacial score (nSPS) is 27.2. The summed E-state index contributed by atoms with van der Waals surface area (Å²) in [6.07, 6.45) is 4.46. The van der Waals surface area contributed by atoms with Crippen molar-refractivity contribution in [3.8, 4) is 0 Å². The number of benzene rings is 1. The van der Waals surface area contributed by atoms with E-state index in [0.29, 0.717) is 13.0 Å². The van der Waals surface area contributed by atoms with E-state index in [2.05, 4.69) is 6.92 Å². The van der Waals surface area contributed by atoms with Crippen LogP contribution in [0, 0.1) is 5.92 Å². The number of carbonyl (C=O) groups is 1. The van der Waals surface area contributed by atoms with Crippen molar-refractivity contribution < 1.29 is 9.53 Å². The fourth-order valence-electron chi connectivity index (χ4n) is 2.95. The molecule has 0 N–H and O–H groups in total. The predicted molar refractivity (Wildman–Crippen MR) is 77.1 cm³/mol. The van der Waals surface area contributed by atoms with E-state index in [-0.39, 0.29) is 5.78 Å². The molecule has 1 saturated carbocycles. The van der Waals surface area contributed by atoms with Crippen molar-refractivity contribution in [2.45, 2.75) is 51.6 Å². The van der Waals surface area contributed by atoms with Crippen LogP contribution in [0.2, 0.25) is 0 Å². The molecule has 1 aliphatic carbocycles. The van der Waals surface area contributed by atoms with Gasteiger partial charge in [0.25, 0.3) is 0 Å². The standard InChI is InChI=1S/C17H24O2/c1-3-19-17(11-9-14(2)10-12-17)16(18)13-15-7-5-4-6-8-15/h4-8,14H,3,9-13H2,1-2H3. The highest BCUT2D eigenvalue weighted by Gasteiger charge is 2.41. The third kappa shape index (κ3) is 3.44. The summed E-state index contributed by atoms with van der Waals surface area (Å²) in [5.41, 5.74) is 0.571. The largest absolute Gasteiger partial charge is 0.367 e. The number of hydrogen-bond acceptors (Lipinski definition) is 2. The zero-order valence-corrected chi connectivity index (χ0v) is 12.0. The Morgan fingerprint density at radius 2 is 1.89 bits per heavy atom. The van der Waals surface area contributed by atoms with E-state index in [4.69, 9.17) is 4.74 Å². The summed E-state index contributed by atoms with van der Waals surface area (Å²) in [6.45, 7) is 4.86. The van der Waals surface area contributed by atoms with E-state index in [0.717, 1.165) is 37.2 Å². The molecule has 0 saturated heterocycles. The molecule has 104 valence electrons. The Morgan fingerprint density at radius 3 is 2.47 bits per heavy atom. The van der Waals surface area contributed by atoms with Gasteiger partial charge in [-0.3, -0.25) is 4.79 Å². The molecule has 0 unspecified atom stereocenters. The van der Waals surface area contributed by atoms with E-state index in [9.17, 15) is 4.79 Å². The van der Waals surface area contributed by atoms with Gasteiger partial charge in [0.2, 0.25) is 0 Å². The summed E-state index contributed by atoms with van der Waals surface area (Å²) < 4.78 is 5.90. The Labute approximate surface area is 116 Å². The molecule has 1 aromatic rings. The fraction of sp³-hybridized carbons (Fsp3) is 0.588. The van der Waals surface area contributed by atoms with Crippen LogP contribution in [0.25, 0.3) is 0 Å². The molecule has 2 rings (SSSR count). The average molecular weight is 260 g/mol. The lowest BCUT2D eigenvalue weighted by Crippen LogP contribution is -2.45. The molecule has 0 aliphatic heterocycles. The summed E-state index contributed by atoms with van der Waals surface area (Å²) in [5, 5.41) is 0. The molecule has 0 bridgehead atoms. The van der Waals surface area contributed by atoms with Crippen molar-refractivity contribution >= 4 is 5.78 Å². The van der Waals surface area contributed by atoms with Gasteiger partial charge in [-0.15, -0.1) is 0 Å². The maximum absolute atomic E-state index is 12.7. The molecule has 0 amide bonds.